The van der Waals surface area contributed by atoms with Gasteiger partial charge in [-0.25, -0.2) is 9.97 Å². The third-order valence-electron chi connectivity index (χ3n) is 3.23. The first kappa shape index (κ1) is 11.6. The zero-order valence-corrected chi connectivity index (χ0v) is 11.8. The molecule has 20 heavy (non-hydrogen) atoms. The van der Waals surface area contributed by atoms with Crippen LogP contribution < -0.4 is 0 Å². The van der Waals surface area contributed by atoms with Crippen molar-refractivity contribution in [3.8, 4) is 0 Å². The summed E-state index contributed by atoms with van der Waals surface area (Å²) in [4.78, 5) is 9.15. The monoisotopic (exact) mass is 280 g/mol. The number of thiazole rings is 1. The summed E-state index contributed by atoms with van der Waals surface area (Å²) in [5, 5.41) is 1.04. The molecule has 0 bridgehead atoms. The van der Waals surface area contributed by atoms with Crippen molar-refractivity contribution >= 4 is 32.7 Å². The predicted molar refractivity (Wildman–Crippen MR) is 81.2 cm³/mol. The van der Waals surface area contributed by atoms with Crippen molar-refractivity contribution in [1.29, 1.82) is 0 Å². The topological polar surface area (TPSA) is 38.9 Å². The van der Waals surface area contributed by atoms with E-state index in [0.717, 1.165) is 27.5 Å². The van der Waals surface area contributed by atoms with Gasteiger partial charge in [0.05, 0.1) is 16.6 Å². The molecule has 0 unspecified atom stereocenters. The second-order valence-electron chi connectivity index (χ2n) is 4.83. The molecule has 4 rings (SSSR count). The van der Waals surface area contributed by atoms with Crippen LogP contribution in [0.2, 0.25) is 0 Å². The molecule has 0 N–H and O–H groups in total. The van der Waals surface area contributed by atoms with E-state index in [-0.39, 0.29) is 0 Å². The van der Waals surface area contributed by atoms with Crippen molar-refractivity contribution in [2.24, 2.45) is 0 Å². The number of aromatic nitrogens is 2. The predicted octanol–water partition coefficient (Wildman–Crippen LogP) is 4.34. The van der Waals surface area contributed by atoms with Crippen LogP contribution in [0.1, 0.15) is 16.5 Å². The second kappa shape index (κ2) is 4.42. The quantitative estimate of drug-likeness (QED) is 0.548. The number of aryl methyl sites for hydroxylation is 1. The molecule has 4 heteroatoms. The molecule has 0 saturated carbocycles. The minimum atomic E-state index is 0.646. The van der Waals surface area contributed by atoms with Crippen LogP contribution in [0.25, 0.3) is 21.3 Å². The summed E-state index contributed by atoms with van der Waals surface area (Å²) in [6.07, 6.45) is 0.646. The molecule has 0 spiro atoms. The normalized spacial score (nSPS) is 11.4. The van der Waals surface area contributed by atoms with E-state index in [1.807, 2.05) is 36.4 Å². The van der Waals surface area contributed by atoms with Crippen LogP contribution in [-0.2, 0) is 6.42 Å². The van der Waals surface area contributed by atoms with Crippen LogP contribution in [0.15, 0.2) is 46.9 Å². The number of hydrogen-bond donors (Lipinski definition) is 0. The largest absolute Gasteiger partial charge is 0.440 e. The van der Waals surface area contributed by atoms with Gasteiger partial charge in [0.1, 0.15) is 10.5 Å². The highest BCUT2D eigenvalue weighted by Crippen LogP contribution is 2.25. The summed E-state index contributed by atoms with van der Waals surface area (Å²) < 4.78 is 6.98. The molecule has 0 atom stereocenters. The van der Waals surface area contributed by atoms with E-state index in [1.165, 1.54) is 10.3 Å². The number of fused-ring (bicyclic) bond motifs is 2. The SMILES string of the molecule is Cc1ccc2oc(Cc3nc4ccccc4s3)nc2c1. The molecule has 2 aromatic carbocycles. The van der Waals surface area contributed by atoms with Gasteiger partial charge in [-0.05, 0) is 36.8 Å². The van der Waals surface area contributed by atoms with E-state index in [2.05, 4.69) is 23.0 Å². The zero-order valence-electron chi connectivity index (χ0n) is 11.0. The third-order valence-corrected chi connectivity index (χ3v) is 4.26. The van der Waals surface area contributed by atoms with Gasteiger partial charge in [0.2, 0.25) is 5.89 Å². The summed E-state index contributed by atoms with van der Waals surface area (Å²) in [7, 11) is 0. The Labute approximate surface area is 119 Å². The van der Waals surface area contributed by atoms with Crippen LogP contribution in [0.3, 0.4) is 0 Å². The van der Waals surface area contributed by atoms with E-state index >= 15 is 0 Å². The molecule has 2 aromatic heterocycles. The maximum Gasteiger partial charge on any atom is 0.202 e. The van der Waals surface area contributed by atoms with Gasteiger partial charge in [0.25, 0.3) is 0 Å². The van der Waals surface area contributed by atoms with Crippen molar-refractivity contribution in [2.75, 3.05) is 0 Å². The van der Waals surface area contributed by atoms with Gasteiger partial charge in [-0.1, -0.05) is 18.2 Å². The molecule has 0 aliphatic heterocycles. The maximum atomic E-state index is 5.78. The highest BCUT2D eigenvalue weighted by atomic mass is 32.1. The van der Waals surface area contributed by atoms with Crippen LogP contribution in [0.4, 0.5) is 0 Å². The Morgan fingerprint density at radius 3 is 2.85 bits per heavy atom. The van der Waals surface area contributed by atoms with Gasteiger partial charge in [-0.2, -0.15) is 0 Å². The zero-order chi connectivity index (χ0) is 13.5. The lowest BCUT2D eigenvalue weighted by Gasteiger charge is -1.88. The van der Waals surface area contributed by atoms with Gasteiger partial charge in [-0.3, -0.25) is 0 Å². The summed E-state index contributed by atoms with van der Waals surface area (Å²) >= 11 is 1.69. The molecular formula is C16H12N2OS. The summed E-state index contributed by atoms with van der Waals surface area (Å²) in [5.41, 5.74) is 3.99. The fourth-order valence-electron chi connectivity index (χ4n) is 2.29. The van der Waals surface area contributed by atoms with Crippen molar-refractivity contribution < 1.29 is 4.42 Å². The molecular weight excluding hydrogens is 268 g/mol. The van der Waals surface area contributed by atoms with Gasteiger partial charge in [0.15, 0.2) is 5.58 Å². The van der Waals surface area contributed by atoms with Crippen molar-refractivity contribution in [1.82, 2.24) is 9.97 Å². The number of nitrogens with zero attached hydrogens (tertiary/aromatic N) is 2. The van der Waals surface area contributed by atoms with E-state index < -0.39 is 0 Å². The lowest BCUT2D eigenvalue weighted by atomic mass is 10.2. The van der Waals surface area contributed by atoms with Crippen LogP contribution in [0.5, 0.6) is 0 Å². The smallest absolute Gasteiger partial charge is 0.202 e. The molecule has 0 fully saturated rings. The minimum absolute atomic E-state index is 0.646. The molecule has 0 radical (unpaired) electrons. The molecule has 0 saturated heterocycles. The molecule has 0 aliphatic carbocycles. The summed E-state index contributed by atoms with van der Waals surface area (Å²) in [5.74, 6) is 0.727. The Balaban J connectivity index is 1.72. The molecule has 0 aliphatic rings. The second-order valence-corrected chi connectivity index (χ2v) is 5.95. The van der Waals surface area contributed by atoms with Crippen LogP contribution in [0, 0.1) is 6.92 Å². The summed E-state index contributed by atoms with van der Waals surface area (Å²) in [6.45, 7) is 2.06. The highest BCUT2D eigenvalue weighted by molar-refractivity contribution is 7.18. The maximum absolute atomic E-state index is 5.78. The van der Waals surface area contributed by atoms with Gasteiger partial charge < -0.3 is 4.42 Å². The Kier molecular flexibility index (Phi) is 2.57. The molecule has 98 valence electrons. The Bertz CT molecular complexity index is 874. The first-order chi connectivity index (χ1) is 9.78. The van der Waals surface area contributed by atoms with Crippen molar-refractivity contribution in [3.05, 3.63) is 58.9 Å². The average Bonchev–Trinajstić information content (AvgIpc) is 3.00. The number of hydrogen-bond acceptors (Lipinski definition) is 4. The fraction of sp³-hybridized carbons (Fsp3) is 0.125. The fourth-order valence-corrected chi connectivity index (χ4v) is 3.24. The van der Waals surface area contributed by atoms with Crippen LogP contribution in [-0.4, -0.2) is 9.97 Å². The van der Waals surface area contributed by atoms with Gasteiger partial charge in [0, 0.05) is 0 Å². The average molecular weight is 280 g/mol. The Morgan fingerprint density at radius 1 is 1.05 bits per heavy atom. The van der Waals surface area contributed by atoms with E-state index in [9.17, 15) is 0 Å². The van der Waals surface area contributed by atoms with E-state index in [0.29, 0.717) is 6.42 Å². The number of benzene rings is 2. The Morgan fingerprint density at radius 2 is 1.95 bits per heavy atom. The van der Waals surface area contributed by atoms with Gasteiger partial charge in [-0.15, -0.1) is 11.3 Å². The lowest BCUT2D eigenvalue weighted by Crippen LogP contribution is -1.86. The first-order valence-electron chi connectivity index (χ1n) is 6.48. The third kappa shape index (κ3) is 1.98. The number of para-hydroxylation sites is 1. The van der Waals surface area contributed by atoms with Crippen molar-refractivity contribution in [3.63, 3.8) is 0 Å². The number of rotatable bonds is 2. The van der Waals surface area contributed by atoms with Crippen LogP contribution >= 0.6 is 11.3 Å². The summed E-state index contributed by atoms with van der Waals surface area (Å²) in [6, 6.07) is 14.2. The Hall–Kier alpha value is -2.20. The number of oxazole rings is 1. The first-order valence-corrected chi connectivity index (χ1v) is 7.30. The molecule has 3 nitrogen and oxygen atoms in total. The molecule has 4 aromatic rings. The standard InChI is InChI=1S/C16H12N2OS/c1-10-6-7-13-12(8-10)17-15(19-13)9-16-18-11-4-2-3-5-14(11)20-16/h2-8H,9H2,1H3. The molecule has 0 amide bonds. The van der Waals surface area contributed by atoms with E-state index in [4.69, 9.17) is 4.42 Å². The molecule has 2 heterocycles. The highest BCUT2D eigenvalue weighted by Gasteiger charge is 2.10. The van der Waals surface area contributed by atoms with Crippen molar-refractivity contribution in [2.45, 2.75) is 13.3 Å². The lowest BCUT2D eigenvalue weighted by molar-refractivity contribution is 0.544. The minimum Gasteiger partial charge on any atom is -0.440 e. The van der Waals surface area contributed by atoms with E-state index in [1.54, 1.807) is 11.3 Å². The van der Waals surface area contributed by atoms with Gasteiger partial charge >= 0.3 is 0 Å².